The Labute approximate surface area is 83.8 Å². The predicted molar refractivity (Wildman–Crippen MR) is 56.8 cm³/mol. The molecular formula is C13H12F. The van der Waals surface area contributed by atoms with E-state index in [0.717, 1.165) is 6.42 Å². The maximum absolute atomic E-state index is 11.9. The highest BCUT2D eigenvalue weighted by atomic mass is 19.1. The highest BCUT2D eigenvalue weighted by molar-refractivity contribution is 5.61. The second kappa shape index (κ2) is 4.23. The zero-order chi connectivity index (χ0) is 9.80. The smallest absolute Gasteiger partial charge is 0.108 e. The minimum absolute atomic E-state index is 0.373. The molecule has 1 aliphatic carbocycles. The molecule has 0 spiro atoms. The summed E-state index contributed by atoms with van der Waals surface area (Å²) < 4.78 is 11.9. The third-order valence-corrected chi connectivity index (χ3v) is 2.45. The van der Waals surface area contributed by atoms with Crippen LogP contribution in [0.2, 0.25) is 0 Å². The van der Waals surface area contributed by atoms with E-state index in [4.69, 9.17) is 0 Å². The van der Waals surface area contributed by atoms with Crippen LogP contribution in [0.15, 0.2) is 36.4 Å². The van der Waals surface area contributed by atoms with Crippen LogP contribution in [0.4, 0.5) is 4.39 Å². The van der Waals surface area contributed by atoms with Crippen LogP contribution in [-0.4, -0.2) is 6.67 Å². The van der Waals surface area contributed by atoms with Gasteiger partial charge in [0.15, 0.2) is 0 Å². The second-order valence-electron chi connectivity index (χ2n) is 3.37. The number of rotatable bonds is 3. The van der Waals surface area contributed by atoms with E-state index < -0.39 is 0 Å². The van der Waals surface area contributed by atoms with E-state index in [1.54, 1.807) is 6.08 Å². The van der Waals surface area contributed by atoms with Gasteiger partial charge in [-0.3, -0.25) is 0 Å². The number of alkyl halides is 1. The van der Waals surface area contributed by atoms with Gasteiger partial charge in [-0.1, -0.05) is 42.5 Å². The SMILES string of the molecule is FCC=CCC1C=Cc2ccc[c]c21. The molecule has 1 aromatic rings. The Kier molecular flexibility index (Phi) is 2.78. The van der Waals surface area contributed by atoms with E-state index in [1.807, 2.05) is 18.2 Å². The molecule has 2 rings (SSSR count). The number of halogens is 1. The van der Waals surface area contributed by atoms with Crippen LogP contribution in [0.25, 0.3) is 6.08 Å². The average Bonchev–Trinajstić information content (AvgIpc) is 2.63. The van der Waals surface area contributed by atoms with Crippen molar-refractivity contribution < 1.29 is 4.39 Å². The number of allylic oxidation sites excluding steroid dienone is 3. The lowest BCUT2D eigenvalue weighted by Gasteiger charge is -2.06. The van der Waals surface area contributed by atoms with Gasteiger partial charge in [0, 0.05) is 5.92 Å². The summed E-state index contributed by atoms with van der Waals surface area (Å²) in [5.74, 6) is 0.383. The minimum Gasteiger partial charge on any atom is -0.247 e. The standard InChI is InChI=1S/C13H12F/c14-10-4-3-6-12-9-8-11-5-1-2-7-13(11)12/h1-5,8-9,12H,6,10H2. The van der Waals surface area contributed by atoms with Gasteiger partial charge < -0.3 is 0 Å². The highest BCUT2D eigenvalue weighted by Gasteiger charge is 2.14. The fourth-order valence-electron chi connectivity index (χ4n) is 1.75. The molecule has 0 heterocycles. The van der Waals surface area contributed by atoms with Gasteiger partial charge in [-0.2, -0.15) is 0 Å². The summed E-state index contributed by atoms with van der Waals surface area (Å²) in [6.45, 7) is -0.373. The highest BCUT2D eigenvalue weighted by Crippen LogP contribution is 2.31. The number of fused-ring (bicyclic) bond motifs is 1. The molecule has 71 valence electrons. The van der Waals surface area contributed by atoms with Crippen molar-refractivity contribution in [2.24, 2.45) is 0 Å². The van der Waals surface area contributed by atoms with E-state index in [-0.39, 0.29) is 6.67 Å². The summed E-state index contributed by atoms with van der Waals surface area (Å²) >= 11 is 0. The first kappa shape index (κ1) is 9.20. The van der Waals surface area contributed by atoms with Gasteiger partial charge in [-0.15, -0.1) is 0 Å². The monoisotopic (exact) mass is 187 g/mol. The molecule has 1 unspecified atom stereocenters. The lowest BCUT2D eigenvalue weighted by molar-refractivity contribution is 0.560. The molecule has 0 saturated heterocycles. The molecule has 1 aromatic carbocycles. The molecule has 0 N–H and O–H groups in total. The van der Waals surface area contributed by atoms with E-state index in [9.17, 15) is 4.39 Å². The van der Waals surface area contributed by atoms with Crippen LogP contribution >= 0.6 is 0 Å². The van der Waals surface area contributed by atoms with E-state index in [2.05, 4.69) is 24.3 Å². The van der Waals surface area contributed by atoms with Crippen LogP contribution < -0.4 is 0 Å². The Morgan fingerprint density at radius 2 is 2.36 bits per heavy atom. The first-order valence-electron chi connectivity index (χ1n) is 4.81. The fraction of sp³-hybridized carbons (Fsp3) is 0.231. The lowest BCUT2D eigenvalue weighted by Crippen LogP contribution is -1.91. The van der Waals surface area contributed by atoms with Crippen LogP contribution in [0.3, 0.4) is 0 Å². The summed E-state index contributed by atoms with van der Waals surface area (Å²) in [6.07, 6.45) is 8.59. The predicted octanol–water partition coefficient (Wildman–Crippen LogP) is 3.51. The molecule has 0 aliphatic heterocycles. The minimum atomic E-state index is -0.373. The van der Waals surface area contributed by atoms with Crippen LogP contribution in [0.5, 0.6) is 0 Å². The van der Waals surface area contributed by atoms with Crippen LogP contribution in [0, 0.1) is 6.07 Å². The molecule has 1 radical (unpaired) electrons. The summed E-state index contributed by atoms with van der Waals surface area (Å²) in [5.41, 5.74) is 2.47. The van der Waals surface area contributed by atoms with E-state index in [0.29, 0.717) is 5.92 Å². The van der Waals surface area contributed by atoms with Crippen molar-refractivity contribution in [1.82, 2.24) is 0 Å². The van der Waals surface area contributed by atoms with Crippen molar-refractivity contribution in [3.05, 3.63) is 53.6 Å². The van der Waals surface area contributed by atoms with Gasteiger partial charge in [0.1, 0.15) is 6.67 Å². The maximum atomic E-state index is 11.9. The fourth-order valence-corrected chi connectivity index (χ4v) is 1.75. The van der Waals surface area contributed by atoms with Gasteiger partial charge >= 0.3 is 0 Å². The Morgan fingerprint density at radius 1 is 1.43 bits per heavy atom. The first-order valence-corrected chi connectivity index (χ1v) is 4.81. The third-order valence-electron chi connectivity index (χ3n) is 2.45. The van der Waals surface area contributed by atoms with Crippen molar-refractivity contribution in [3.8, 4) is 0 Å². The zero-order valence-electron chi connectivity index (χ0n) is 7.91. The second-order valence-corrected chi connectivity index (χ2v) is 3.37. The Balaban J connectivity index is 2.11. The van der Waals surface area contributed by atoms with Crippen molar-refractivity contribution >= 4 is 6.08 Å². The van der Waals surface area contributed by atoms with Gasteiger partial charge in [0.05, 0.1) is 0 Å². The molecule has 0 nitrogen and oxygen atoms in total. The number of benzene rings is 1. The molecule has 0 fully saturated rings. The van der Waals surface area contributed by atoms with Crippen LogP contribution in [-0.2, 0) is 0 Å². The quantitative estimate of drug-likeness (QED) is 0.635. The molecule has 0 amide bonds. The van der Waals surface area contributed by atoms with Gasteiger partial charge in [0.2, 0.25) is 0 Å². The van der Waals surface area contributed by atoms with E-state index >= 15 is 0 Å². The summed E-state index contributed by atoms with van der Waals surface area (Å²) in [5, 5.41) is 0. The van der Waals surface area contributed by atoms with Crippen molar-refractivity contribution in [2.45, 2.75) is 12.3 Å². The molecule has 1 heteroatoms. The Bertz CT molecular complexity index is 363. The summed E-state index contributed by atoms with van der Waals surface area (Å²) in [6, 6.07) is 9.24. The third kappa shape index (κ3) is 1.77. The molecule has 14 heavy (non-hydrogen) atoms. The zero-order valence-corrected chi connectivity index (χ0v) is 7.91. The lowest BCUT2D eigenvalue weighted by atomic mass is 9.97. The van der Waals surface area contributed by atoms with Crippen LogP contribution in [0.1, 0.15) is 23.5 Å². The van der Waals surface area contributed by atoms with E-state index in [1.165, 1.54) is 11.1 Å². The Morgan fingerprint density at radius 3 is 3.21 bits per heavy atom. The molecule has 1 aliphatic rings. The maximum Gasteiger partial charge on any atom is 0.108 e. The average molecular weight is 187 g/mol. The molecule has 0 aromatic heterocycles. The Hall–Kier alpha value is -1.37. The van der Waals surface area contributed by atoms with Gasteiger partial charge in [-0.25, -0.2) is 4.39 Å². The summed E-state index contributed by atoms with van der Waals surface area (Å²) in [7, 11) is 0. The number of hydrogen-bond donors (Lipinski definition) is 0. The first-order chi connectivity index (χ1) is 6.92. The summed E-state index contributed by atoms with van der Waals surface area (Å²) in [4.78, 5) is 0. The molecule has 0 saturated carbocycles. The largest absolute Gasteiger partial charge is 0.247 e. The van der Waals surface area contributed by atoms with Crippen molar-refractivity contribution in [1.29, 1.82) is 0 Å². The molecule has 0 bridgehead atoms. The normalized spacial score (nSPS) is 19.1. The molecule has 1 atom stereocenters. The topological polar surface area (TPSA) is 0 Å². The number of hydrogen-bond acceptors (Lipinski definition) is 0. The van der Waals surface area contributed by atoms with Crippen molar-refractivity contribution in [3.63, 3.8) is 0 Å². The van der Waals surface area contributed by atoms with Gasteiger partial charge in [-0.05, 0) is 23.6 Å². The molecular weight excluding hydrogens is 175 g/mol. The van der Waals surface area contributed by atoms with Crippen molar-refractivity contribution in [2.75, 3.05) is 6.67 Å². The van der Waals surface area contributed by atoms with Gasteiger partial charge in [0.25, 0.3) is 0 Å².